The first-order valence-corrected chi connectivity index (χ1v) is 14.6. The summed E-state index contributed by atoms with van der Waals surface area (Å²) in [4.78, 5) is 36.4. The molecule has 0 aliphatic carbocycles. The molecule has 0 radical (unpaired) electrons. The summed E-state index contributed by atoms with van der Waals surface area (Å²) in [6, 6.07) is 21.2. The summed E-state index contributed by atoms with van der Waals surface area (Å²) >= 11 is 0. The van der Waals surface area contributed by atoms with Crippen LogP contribution >= 0.6 is 0 Å². The van der Waals surface area contributed by atoms with Gasteiger partial charge in [-0.05, 0) is 77.2 Å². The van der Waals surface area contributed by atoms with Gasteiger partial charge in [0.2, 0.25) is 15.9 Å². The topological polar surface area (TPSA) is 183 Å². The maximum atomic E-state index is 13.0. The second-order valence-electron chi connectivity index (χ2n) is 9.83. The van der Waals surface area contributed by atoms with E-state index in [1.807, 2.05) is 0 Å². The molecule has 0 saturated heterocycles. The minimum absolute atomic E-state index is 0.0266. The van der Waals surface area contributed by atoms with Gasteiger partial charge in [-0.3, -0.25) is 19.7 Å². The van der Waals surface area contributed by atoms with Crippen LogP contribution in [-0.4, -0.2) is 38.8 Å². The number of methoxy groups -OCH3 is 1. The summed E-state index contributed by atoms with van der Waals surface area (Å²) in [6.07, 6.45) is 0.608. The summed E-state index contributed by atoms with van der Waals surface area (Å²) in [5, 5.41) is 25.4. The number of ether oxygens (including phenoxy) is 1. The van der Waals surface area contributed by atoms with E-state index >= 15 is 0 Å². The zero-order valence-electron chi connectivity index (χ0n) is 22.9. The van der Waals surface area contributed by atoms with Crippen molar-refractivity contribution in [1.29, 1.82) is 0 Å². The van der Waals surface area contributed by atoms with Gasteiger partial charge < -0.3 is 20.7 Å². The van der Waals surface area contributed by atoms with Crippen LogP contribution in [0.25, 0.3) is 11.1 Å². The Morgan fingerprint density at radius 1 is 0.907 bits per heavy atom. The monoisotopic (exact) mass is 601 g/mol. The fraction of sp³-hybridized carbons (Fsp3) is 0.133. The summed E-state index contributed by atoms with van der Waals surface area (Å²) < 4.78 is 28.0. The number of rotatable bonds is 9. The summed E-state index contributed by atoms with van der Waals surface area (Å²) in [5.41, 5.74) is 4.89. The molecule has 1 aliphatic rings. The molecular weight excluding hydrogens is 574 g/mol. The molecule has 0 atom stereocenters. The van der Waals surface area contributed by atoms with E-state index in [2.05, 4.69) is 16.0 Å². The van der Waals surface area contributed by atoms with Crippen molar-refractivity contribution in [3.8, 4) is 16.9 Å². The van der Waals surface area contributed by atoms with Gasteiger partial charge in [0.15, 0.2) is 5.75 Å². The Kier molecular flexibility index (Phi) is 8.10. The number of carbonyl (C=O) groups excluding carboxylic acids is 2. The average Bonchev–Trinajstić information content (AvgIpc) is 3.11. The van der Waals surface area contributed by atoms with Crippen molar-refractivity contribution in [2.45, 2.75) is 17.7 Å². The number of nitrogens with zero attached hydrogens (tertiary/aromatic N) is 1. The number of fused-ring (bicyclic) bond motifs is 2. The predicted molar refractivity (Wildman–Crippen MR) is 161 cm³/mol. The molecule has 43 heavy (non-hydrogen) atoms. The normalized spacial score (nSPS) is 12.2. The van der Waals surface area contributed by atoms with E-state index in [0.29, 0.717) is 46.7 Å². The lowest BCUT2D eigenvalue weighted by atomic mass is 10.0. The standard InChI is InChI=1S/C30H27N5O7S/c1-42-28-17-21(6-11-27(28)35(38)39)20-5-9-23-25(16-20)33-26-14-19(4-10-24(26)34-30(23)37)15-29(36)32-13-12-18-2-7-22(8-3-18)43(31,40)41/h2-11,14,16-17,33H,12-13,15H2,1H3,(H,32,36)(H,34,37)(H2,31,40,41). The Labute approximate surface area is 247 Å². The van der Waals surface area contributed by atoms with Crippen molar-refractivity contribution in [2.24, 2.45) is 5.14 Å². The van der Waals surface area contributed by atoms with Crippen LogP contribution in [0.1, 0.15) is 21.5 Å². The molecule has 0 bridgehead atoms. The third kappa shape index (κ3) is 6.63. The van der Waals surface area contributed by atoms with Gasteiger partial charge in [-0.2, -0.15) is 0 Å². The Morgan fingerprint density at radius 2 is 1.60 bits per heavy atom. The molecule has 0 saturated carbocycles. The van der Waals surface area contributed by atoms with E-state index in [1.54, 1.807) is 60.7 Å². The highest BCUT2D eigenvalue weighted by atomic mass is 32.2. The Bertz CT molecular complexity index is 1860. The molecule has 5 rings (SSSR count). The lowest BCUT2D eigenvalue weighted by Crippen LogP contribution is -2.27. The lowest BCUT2D eigenvalue weighted by Gasteiger charge is -2.13. The number of nitro groups is 1. The van der Waals surface area contributed by atoms with Crippen LogP contribution in [0.4, 0.5) is 22.7 Å². The Morgan fingerprint density at radius 3 is 2.30 bits per heavy atom. The second kappa shape index (κ2) is 11.9. The molecule has 220 valence electrons. The first kappa shape index (κ1) is 29.2. The molecule has 0 aromatic heterocycles. The third-order valence-corrected chi connectivity index (χ3v) is 7.86. The van der Waals surface area contributed by atoms with Crippen LogP contribution in [0.5, 0.6) is 5.75 Å². The van der Waals surface area contributed by atoms with Crippen molar-refractivity contribution < 1.29 is 27.7 Å². The fourth-order valence-electron chi connectivity index (χ4n) is 4.72. The molecule has 13 heteroatoms. The van der Waals surface area contributed by atoms with Crippen LogP contribution in [0, 0.1) is 10.1 Å². The summed E-state index contributed by atoms with van der Waals surface area (Å²) in [7, 11) is -2.40. The van der Waals surface area contributed by atoms with Crippen LogP contribution in [-0.2, 0) is 27.7 Å². The zero-order valence-corrected chi connectivity index (χ0v) is 23.7. The zero-order chi connectivity index (χ0) is 30.7. The van der Waals surface area contributed by atoms with Crippen LogP contribution in [0.15, 0.2) is 83.8 Å². The van der Waals surface area contributed by atoms with Crippen molar-refractivity contribution in [2.75, 3.05) is 24.3 Å². The molecule has 0 fully saturated rings. The predicted octanol–water partition coefficient (Wildman–Crippen LogP) is 4.13. The molecule has 1 aliphatic heterocycles. The highest BCUT2D eigenvalue weighted by Crippen LogP contribution is 2.37. The van der Waals surface area contributed by atoms with Crippen LogP contribution < -0.4 is 25.8 Å². The van der Waals surface area contributed by atoms with E-state index in [-0.39, 0.29) is 34.6 Å². The van der Waals surface area contributed by atoms with E-state index in [1.165, 1.54) is 25.3 Å². The molecule has 0 unspecified atom stereocenters. The number of primary sulfonamides is 1. The number of nitrogens with two attached hydrogens (primary N) is 1. The van der Waals surface area contributed by atoms with Gasteiger partial charge in [0, 0.05) is 12.6 Å². The minimum atomic E-state index is -3.76. The van der Waals surface area contributed by atoms with Crippen LogP contribution in [0.3, 0.4) is 0 Å². The van der Waals surface area contributed by atoms with Crippen molar-refractivity contribution in [3.63, 3.8) is 0 Å². The molecule has 2 amide bonds. The SMILES string of the molecule is COc1cc(-c2ccc3c(c2)Nc2cc(CC(=O)NCCc4ccc(S(N)(=O)=O)cc4)ccc2NC3=O)ccc1[N+](=O)[O-]. The smallest absolute Gasteiger partial charge is 0.310 e. The molecule has 0 spiro atoms. The highest BCUT2D eigenvalue weighted by Gasteiger charge is 2.21. The average molecular weight is 602 g/mol. The van der Waals surface area contributed by atoms with Gasteiger partial charge in [-0.1, -0.05) is 24.3 Å². The first-order valence-electron chi connectivity index (χ1n) is 13.1. The summed E-state index contributed by atoms with van der Waals surface area (Å²) in [6.45, 7) is 0.358. The second-order valence-corrected chi connectivity index (χ2v) is 11.4. The van der Waals surface area contributed by atoms with Gasteiger partial charge in [0.1, 0.15) is 0 Å². The fourth-order valence-corrected chi connectivity index (χ4v) is 5.24. The van der Waals surface area contributed by atoms with Crippen molar-refractivity contribution in [3.05, 3.63) is 106 Å². The molecule has 4 aromatic carbocycles. The number of carbonyl (C=O) groups is 2. The maximum Gasteiger partial charge on any atom is 0.310 e. The third-order valence-electron chi connectivity index (χ3n) is 6.93. The molecular formula is C30H27N5O7S. The van der Waals surface area contributed by atoms with Gasteiger partial charge in [0.25, 0.3) is 5.91 Å². The Balaban J connectivity index is 1.28. The molecule has 1 heterocycles. The van der Waals surface area contributed by atoms with Gasteiger partial charge in [0.05, 0.1) is 46.0 Å². The molecule has 5 N–H and O–H groups in total. The van der Waals surface area contributed by atoms with Crippen molar-refractivity contribution in [1.82, 2.24) is 5.32 Å². The number of sulfonamides is 1. The van der Waals surface area contributed by atoms with Crippen molar-refractivity contribution >= 4 is 44.6 Å². The van der Waals surface area contributed by atoms with E-state index in [9.17, 15) is 28.1 Å². The van der Waals surface area contributed by atoms with Gasteiger partial charge >= 0.3 is 5.69 Å². The maximum absolute atomic E-state index is 13.0. The molecule has 12 nitrogen and oxygen atoms in total. The minimum Gasteiger partial charge on any atom is -0.490 e. The number of hydrogen-bond donors (Lipinski definition) is 4. The number of hydrogen-bond acceptors (Lipinski definition) is 8. The highest BCUT2D eigenvalue weighted by molar-refractivity contribution is 7.89. The van der Waals surface area contributed by atoms with Gasteiger partial charge in [-0.15, -0.1) is 0 Å². The first-order chi connectivity index (χ1) is 20.5. The number of benzene rings is 4. The number of nitrogens with one attached hydrogen (secondary N) is 3. The van der Waals surface area contributed by atoms with Crippen LogP contribution in [0.2, 0.25) is 0 Å². The largest absolute Gasteiger partial charge is 0.490 e. The van der Waals surface area contributed by atoms with E-state index in [4.69, 9.17) is 9.88 Å². The van der Waals surface area contributed by atoms with E-state index in [0.717, 1.165) is 11.1 Å². The number of nitro benzene ring substituents is 1. The quantitative estimate of drug-likeness (QED) is 0.163. The van der Waals surface area contributed by atoms with Gasteiger partial charge in [-0.25, -0.2) is 13.6 Å². The summed E-state index contributed by atoms with van der Waals surface area (Å²) in [5.74, 6) is -0.387. The number of anilines is 3. The number of amides is 2. The lowest BCUT2D eigenvalue weighted by molar-refractivity contribution is -0.385. The Hall–Kier alpha value is -5.27. The molecule has 4 aromatic rings. The van der Waals surface area contributed by atoms with E-state index < -0.39 is 14.9 Å².